The van der Waals surface area contributed by atoms with Gasteiger partial charge in [0.15, 0.2) is 6.10 Å². The van der Waals surface area contributed by atoms with Crippen LogP contribution in [0, 0.1) is 0 Å². The SMILES string of the molecule is CC/C=C\C/C=C\C/C=C\C/C=C\C/C=C\C/C=C\C/C=C\C/C=C\C/C=C\CCCCCC(=O)OCC(COP(=O)([O-])OCC[N+](C)(C)C)OC(=O)CCCCC/C=C\C/C=C\C/C=C\C/C=C\C/C=C\C/C=C\C/C=C\C/C=C\C/C=C\CC. The van der Waals surface area contributed by atoms with E-state index >= 15 is 0 Å². The Morgan fingerprint density at radius 1 is 0.360 bits per heavy atom. The summed E-state index contributed by atoms with van der Waals surface area (Å²) in [5.41, 5.74) is 0. The maximum Gasteiger partial charge on any atom is 0.306 e. The van der Waals surface area contributed by atoms with Crippen molar-refractivity contribution < 1.29 is 42.1 Å². The molecule has 9 nitrogen and oxygen atoms in total. The van der Waals surface area contributed by atoms with Crippen LogP contribution in [-0.4, -0.2) is 70.0 Å². The smallest absolute Gasteiger partial charge is 0.306 e. The Balaban J connectivity index is 4.35. The van der Waals surface area contributed by atoms with Crippen molar-refractivity contribution in [3.05, 3.63) is 219 Å². The van der Waals surface area contributed by atoms with Gasteiger partial charge in [-0.25, -0.2) is 0 Å². The van der Waals surface area contributed by atoms with Gasteiger partial charge in [0, 0.05) is 12.8 Å². The highest BCUT2D eigenvalue weighted by molar-refractivity contribution is 7.45. The third-order valence-electron chi connectivity index (χ3n) is 12.5. The Labute approximate surface area is 525 Å². The Bertz CT molecular complexity index is 2250. The second-order valence-electron chi connectivity index (χ2n) is 21.7. The van der Waals surface area contributed by atoms with Gasteiger partial charge < -0.3 is 27.9 Å². The highest BCUT2D eigenvalue weighted by atomic mass is 31.2. The first-order valence-electron chi connectivity index (χ1n) is 32.4. The summed E-state index contributed by atoms with van der Waals surface area (Å²) < 4.78 is 34.1. The van der Waals surface area contributed by atoms with Gasteiger partial charge in [0.05, 0.1) is 27.7 Å². The van der Waals surface area contributed by atoms with Crippen molar-refractivity contribution in [1.82, 2.24) is 0 Å². The van der Waals surface area contributed by atoms with Crippen LogP contribution in [0.5, 0.6) is 0 Å². The number of hydrogen-bond donors (Lipinski definition) is 0. The Hall–Kier alpha value is -5.67. The molecule has 0 spiro atoms. The van der Waals surface area contributed by atoms with Gasteiger partial charge in [-0.05, 0) is 154 Å². The topological polar surface area (TPSA) is 111 Å². The van der Waals surface area contributed by atoms with Crippen LogP contribution in [0.25, 0.3) is 0 Å². The summed E-state index contributed by atoms with van der Waals surface area (Å²) in [4.78, 5) is 38.0. The van der Waals surface area contributed by atoms with Crippen LogP contribution in [-0.2, 0) is 32.7 Å². The van der Waals surface area contributed by atoms with E-state index in [1.54, 1.807) is 0 Å². The Kier molecular flexibility index (Phi) is 59.6. The molecule has 0 aromatic heterocycles. The lowest BCUT2D eigenvalue weighted by Crippen LogP contribution is -2.37. The van der Waals surface area contributed by atoms with Crippen molar-refractivity contribution in [3.63, 3.8) is 0 Å². The molecule has 0 rings (SSSR count). The molecular formula is C76H116NO8P. The van der Waals surface area contributed by atoms with Crippen LogP contribution in [0.1, 0.15) is 194 Å². The molecule has 2 atom stereocenters. The number of nitrogens with zero attached hydrogens (tertiary/aromatic N) is 1. The van der Waals surface area contributed by atoms with Crippen LogP contribution in [0.15, 0.2) is 219 Å². The third-order valence-corrected chi connectivity index (χ3v) is 13.5. The number of unbranched alkanes of at least 4 members (excludes halogenated alkanes) is 6. The van der Waals surface area contributed by atoms with Gasteiger partial charge in [-0.15, -0.1) is 0 Å². The van der Waals surface area contributed by atoms with E-state index in [0.717, 1.165) is 154 Å². The minimum atomic E-state index is -4.68. The fraction of sp³-hybridized carbons (Fsp3) is 0.500. The molecule has 0 N–H and O–H groups in total. The summed E-state index contributed by atoms with van der Waals surface area (Å²) in [5, 5.41) is 0. The summed E-state index contributed by atoms with van der Waals surface area (Å²) in [6.45, 7) is 3.89. The van der Waals surface area contributed by atoms with E-state index in [9.17, 15) is 19.0 Å². The first-order chi connectivity index (χ1) is 42.0. The fourth-order valence-corrected chi connectivity index (χ4v) is 8.31. The van der Waals surface area contributed by atoms with Crippen molar-refractivity contribution in [2.45, 2.75) is 200 Å². The average molecular weight is 1200 g/mol. The van der Waals surface area contributed by atoms with Gasteiger partial charge in [0.25, 0.3) is 7.82 Å². The molecule has 10 heteroatoms. The van der Waals surface area contributed by atoms with E-state index in [1.807, 2.05) is 21.1 Å². The van der Waals surface area contributed by atoms with Crippen molar-refractivity contribution in [2.75, 3.05) is 47.5 Å². The molecule has 0 aliphatic carbocycles. The quantitative estimate of drug-likeness (QED) is 0.0195. The minimum Gasteiger partial charge on any atom is -0.756 e. The van der Waals surface area contributed by atoms with E-state index < -0.39 is 32.5 Å². The fourth-order valence-electron chi connectivity index (χ4n) is 7.58. The summed E-state index contributed by atoms with van der Waals surface area (Å²) in [6.07, 6.45) is 103. The molecule has 0 aliphatic heterocycles. The second kappa shape index (κ2) is 63.8. The zero-order valence-corrected chi connectivity index (χ0v) is 55.0. The number of likely N-dealkylation sites (N-methyl/N-ethyl adjacent to an activating group) is 1. The normalized spacial score (nSPS) is 14.6. The lowest BCUT2D eigenvalue weighted by molar-refractivity contribution is -0.870. The largest absolute Gasteiger partial charge is 0.756 e. The number of ether oxygens (including phenoxy) is 2. The molecule has 0 radical (unpaired) electrons. The number of allylic oxidation sites excluding steroid dienone is 36. The molecule has 0 aliphatic rings. The van der Waals surface area contributed by atoms with E-state index in [1.165, 1.54) is 0 Å². The number of phosphoric ester groups is 1. The predicted molar refractivity (Wildman–Crippen MR) is 368 cm³/mol. The zero-order chi connectivity index (χ0) is 62.6. The molecule has 0 heterocycles. The average Bonchev–Trinajstić information content (AvgIpc) is 3.64. The first-order valence-corrected chi connectivity index (χ1v) is 33.9. The first kappa shape index (κ1) is 80.3. The standard InChI is InChI=1S/C76H116NO8P/c1-6-8-10-12-14-16-18-20-22-24-26-28-30-32-34-36-38-40-42-44-46-48-50-52-54-56-58-60-62-64-66-68-75(78)82-72-74(73-84-86(80,81)83-71-70-77(3,4)5)85-76(79)69-67-65-63-61-59-57-55-53-51-49-47-45-43-41-39-37-35-33-31-29-27-25-23-21-19-17-15-13-11-9-7-2/h8-11,14-17,20-23,26-29,32-35,38-41,44-47,50-53,56-59,74H,6-7,12-13,18-19,24-25,30-31,36-37,42-43,48-49,54-55,60-73H2,1-5H3/b10-8-,11-9-,16-14-,17-15-,22-20-,23-21-,28-26-,29-27-,34-32-,35-33-,40-38-,41-39-,46-44-,47-45-,52-50-,53-51-,58-56-,59-57-. The number of phosphoric acid groups is 1. The molecule has 2 unspecified atom stereocenters. The Morgan fingerprint density at radius 2 is 0.628 bits per heavy atom. The summed E-state index contributed by atoms with van der Waals surface area (Å²) in [7, 11) is 1.08. The number of esters is 2. The van der Waals surface area contributed by atoms with Crippen LogP contribution in [0.4, 0.5) is 0 Å². The summed E-state index contributed by atoms with van der Waals surface area (Å²) >= 11 is 0. The zero-order valence-electron chi connectivity index (χ0n) is 54.1. The van der Waals surface area contributed by atoms with Gasteiger partial charge in [0.2, 0.25) is 0 Å². The molecule has 0 aromatic carbocycles. The van der Waals surface area contributed by atoms with Gasteiger partial charge in [-0.1, -0.05) is 245 Å². The van der Waals surface area contributed by atoms with Crippen molar-refractivity contribution in [3.8, 4) is 0 Å². The lowest BCUT2D eigenvalue weighted by Gasteiger charge is -2.28. The van der Waals surface area contributed by atoms with Crippen LogP contribution in [0.3, 0.4) is 0 Å². The molecule has 0 aromatic rings. The molecule has 0 fully saturated rings. The number of carbonyl (C=O) groups is 2. The van der Waals surface area contributed by atoms with Crippen molar-refractivity contribution in [1.29, 1.82) is 0 Å². The maximum atomic E-state index is 12.8. The highest BCUT2D eigenvalue weighted by Crippen LogP contribution is 2.38. The van der Waals surface area contributed by atoms with Gasteiger partial charge in [-0.3, -0.25) is 14.2 Å². The number of rotatable bonds is 56. The molecule has 86 heavy (non-hydrogen) atoms. The lowest BCUT2D eigenvalue weighted by atomic mass is 10.1. The van der Waals surface area contributed by atoms with E-state index in [4.69, 9.17) is 18.5 Å². The van der Waals surface area contributed by atoms with E-state index in [2.05, 4.69) is 233 Å². The molecule has 0 saturated heterocycles. The van der Waals surface area contributed by atoms with Gasteiger partial charge in [-0.2, -0.15) is 0 Å². The molecule has 478 valence electrons. The van der Waals surface area contributed by atoms with Crippen LogP contribution in [0.2, 0.25) is 0 Å². The third kappa shape index (κ3) is 67.5. The van der Waals surface area contributed by atoms with E-state index in [0.29, 0.717) is 23.9 Å². The molecular weight excluding hydrogens is 1090 g/mol. The van der Waals surface area contributed by atoms with Gasteiger partial charge in [0.1, 0.15) is 19.8 Å². The highest BCUT2D eigenvalue weighted by Gasteiger charge is 2.21. The summed E-state index contributed by atoms with van der Waals surface area (Å²) in [5.74, 6) is -0.933. The summed E-state index contributed by atoms with van der Waals surface area (Å²) in [6, 6.07) is 0. The monoisotopic (exact) mass is 1200 g/mol. The Morgan fingerprint density at radius 3 is 0.907 bits per heavy atom. The number of carbonyl (C=O) groups excluding carboxylic acids is 2. The van der Waals surface area contributed by atoms with Crippen LogP contribution >= 0.6 is 7.82 Å². The second-order valence-corrected chi connectivity index (χ2v) is 23.1. The molecule has 0 amide bonds. The molecule has 0 saturated carbocycles. The minimum absolute atomic E-state index is 0.0575. The van der Waals surface area contributed by atoms with Crippen LogP contribution < -0.4 is 4.89 Å². The van der Waals surface area contributed by atoms with Gasteiger partial charge >= 0.3 is 11.9 Å². The molecule has 0 bridgehead atoms. The van der Waals surface area contributed by atoms with Crippen molar-refractivity contribution in [2.24, 2.45) is 0 Å². The predicted octanol–water partition coefficient (Wildman–Crippen LogP) is 20.6. The van der Waals surface area contributed by atoms with Crippen molar-refractivity contribution >= 4 is 19.8 Å². The maximum absolute atomic E-state index is 12.8. The number of hydrogen-bond acceptors (Lipinski definition) is 8. The number of quaternary nitrogens is 1. The van der Waals surface area contributed by atoms with E-state index in [-0.39, 0.29) is 26.1 Å².